The molecule has 2 aromatic rings. The number of sulfonamides is 1. The zero-order chi connectivity index (χ0) is 22.4. The van der Waals surface area contributed by atoms with Crippen LogP contribution in [0.15, 0.2) is 42.5 Å². The van der Waals surface area contributed by atoms with E-state index in [-0.39, 0.29) is 12.5 Å². The smallest absolute Gasteiger partial charge is 0.241 e. The molecule has 0 spiro atoms. The van der Waals surface area contributed by atoms with E-state index in [1.165, 1.54) is 24.8 Å². The minimum Gasteiger partial charge on any atom is -0.350 e. The van der Waals surface area contributed by atoms with Crippen molar-refractivity contribution >= 4 is 33.2 Å². The van der Waals surface area contributed by atoms with Crippen molar-refractivity contribution in [1.82, 2.24) is 10.2 Å². The highest BCUT2D eigenvalue weighted by molar-refractivity contribution is 7.92. The molecule has 1 N–H and O–H groups in total. The predicted octanol–water partition coefficient (Wildman–Crippen LogP) is 3.72. The Bertz CT molecular complexity index is 1020. The number of benzene rings is 2. The van der Waals surface area contributed by atoms with Gasteiger partial charge in [0.1, 0.15) is 6.54 Å². The number of aryl methyl sites for hydroxylation is 1. The third kappa shape index (κ3) is 6.69. The number of rotatable bonds is 8. The molecule has 168 valence electrons. The van der Waals surface area contributed by atoms with Gasteiger partial charge in [-0.25, -0.2) is 8.42 Å². The summed E-state index contributed by atoms with van der Waals surface area (Å²) >= 11 is 6.16. The number of piperidine rings is 1. The Morgan fingerprint density at radius 3 is 2.42 bits per heavy atom. The average Bonchev–Trinajstić information content (AvgIpc) is 2.73. The molecule has 8 heteroatoms. The number of carbonyl (C=O) groups is 1. The summed E-state index contributed by atoms with van der Waals surface area (Å²) in [5, 5.41) is 3.34. The summed E-state index contributed by atoms with van der Waals surface area (Å²) in [6.07, 6.45) is 4.83. The Labute approximate surface area is 190 Å². The van der Waals surface area contributed by atoms with Crippen molar-refractivity contribution in [3.8, 4) is 0 Å². The normalized spacial score (nSPS) is 14.9. The van der Waals surface area contributed by atoms with Crippen molar-refractivity contribution in [1.29, 1.82) is 0 Å². The van der Waals surface area contributed by atoms with Gasteiger partial charge in [0.25, 0.3) is 0 Å². The maximum atomic E-state index is 12.6. The molecule has 0 bridgehead atoms. The summed E-state index contributed by atoms with van der Waals surface area (Å²) < 4.78 is 25.7. The lowest BCUT2D eigenvalue weighted by atomic mass is 10.0. The van der Waals surface area contributed by atoms with E-state index >= 15 is 0 Å². The third-order valence-corrected chi connectivity index (χ3v) is 7.12. The van der Waals surface area contributed by atoms with E-state index in [1.807, 2.05) is 25.1 Å². The zero-order valence-electron chi connectivity index (χ0n) is 18.1. The van der Waals surface area contributed by atoms with E-state index < -0.39 is 10.0 Å². The van der Waals surface area contributed by atoms with Crippen molar-refractivity contribution < 1.29 is 13.2 Å². The van der Waals surface area contributed by atoms with Crippen molar-refractivity contribution in [3.05, 3.63) is 64.2 Å². The van der Waals surface area contributed by atoms with Crippen molar-refractivity contribution in [2.75, 3.05) is 30.2 Å². The molecule has 0 unspecified atom stereocenters. The van der Waals surface area contributed by atoms with E-state index in [2.05, 4.69) is 16.3 Å². The fourth-order valence-electron chi connectivity index (χ4n) is 3.76. The van der Waals surface area contributed by atoms with Crippen LogP contribution in [-0.2, 0) is 27.9 Å². The number of hydrogen-bond donors (Lipinski definition) is 1. The number of halogens is 1. The van der Waals surface area contributed by atoms with Crippen LogP contribution in [0.25, 0.3) is 0 Å². The Hall–Kier alpha value is -2.09. The van der Waals surface area contributed by atoms with Crippen LogP contribution < -0.4 is 9.62 Å². The molecule has 1 saturated heterocycles. The van der Waals surface area contributed by atoms with E-state index in [0.29, 0.717) is 17.3 Å². The van der Waals surface area contributed by atoms with Crippen LogP contribution >= 0.6 is 11.6 Å². The third-order valence-electron chi connectivity index (χ3n) is 5.57. The number of nitrogens with one attached hydrogen (secondary N) is 1. The van der Waals surface area contributed by atoms with Crippen LogP contribution in [0.5, 0.6) is 0 Å². The monoisotopic (exact) mass is 463 g/mol. The van der Waals surface area contributed by atoms with E-state index in [1.54, 1.807) is 18.2 Å². The average molecular weight is 464 g/mol. The van der Waals surface area contributed by atoms with E-state index in [4.69, 9.17) is 11.6 Å². The SMILES string of the molecule is Cc1ccc(N(CC(=O)NCc2ccccc2CN2CCCCC2)S(C)(=O)=O)cc1Cl. The first-order valence-corrected chi connectivity index (χ1v) is 12.8. The van der Waals surface area contributed by atoms with Crippen LogP contribution in [-0.4, -0.2) is 45.1 Å². The van der Waals surface area contributed by atoms with Gasteiger partial charge in [0, 0.05) is 18.1 Å². The molecule has 0 aromatic heterocycles. The number of carbonyl (C=O) groups excluding carboxylic acids is 1. The van der Waals surface area contributed by atoms with Crippen LogP contribution in [0.3, 0.4) is 0 Å². The summed E-state index contributed by atoms with van der Waals surface area (Å²) in [7, 11) is -3.65. The molecule has 0 radical (unpaired) electrons. The lowest BCUT2D eigenvalue weighted by molar-refractivity contribution is -0.119. The summed E-state index contributed by atoms with van der Waals surface area (Å²) in [5.74, 6) is -0.366. The van der Waals surface area contributed by atoms with E-state index in [0.717, 1.165) is 41.3 Å². The number of likely N-dealkylation sites (tertiary alicyclic amines) is 1. The summed E-state index contributed by atoms with van der Waals surface area (Å²) in [6, 6.07) is 13.0. The molecule has 2 aromatic carbocycles. The molecule has 3 rings (SSSR count). The molecule has 6 nitrogen and oxygen atoms in total. The fourth-order valence-corrected chi connectivity index (χ4v) is 4.78. The number of anilines is 1. The molecule has 0 saturated carbocycles. The van der Waals surface area contributed by atoms with Gasteiger partial charge >= 0.3 is 0 Å². The quantitative estimate of drug-likeness (QED) is 0.647. The molecule has 31 heavy (non-hydrogen) atoms. The predicted molar refractivity (Wildman–Crippen MR) is 126 cm³/mol. The summed E-state index contributed by atoms with van der Waals surface area (Å²) in [4.78, 5) is 15.1. The van der Waals surface area contributed by atoms with Gasteiger partial charge in [-0.3, -0.25) is 14.0 Å². The minimum absolute atomic E-state index is 0.299. The summed E-state index contributed by atoms with van der Waals surface area (Å²) in [6.45, 7) is 4.96. The van der Waals surface area contributed by atoms with Gasteiger partial charge in [-0.1, -0.05) is 48.4 Å². The van der Waals surface area contributed by atoms with Gasteiger partial charge in [0.15, 0.2) is 0 Å². The van der Waals surface area contributed by atoms with Crippen molar-refractivity contribution in [3.63, 3.8) is 0 Å². The van der Waals surface area contributed by atoms with E-state index in [9.17, 15) is 13.2 Å². The number of nitrogens with zero attached hydrogens (tertiary/aromatic N) is 2. The van der Waals surface area contributed by atoms with Crippen LogP contribution in [0.4, 0.5) is 5.69 Å². The van der Waals surface area contributed by atoms with Gasteiger partial charge in [0.05, 0.1) is 11.9 Å². The van der Waals surface area contributed by atoms with Crippen LogP contribution in [0.2, 0.25) is 5.02 Å². The molecular formula is C23H30ClN3O3S. The lowest BCUT2D eigenvalue weighted by Crippen LogP contribution is -2.40. The van der Waals surface area contributed by atoms with Crippen LogP contribution in [0.1, 0.15) is 36.0 Å². The second kappa shape index (κ2) is 10.5. The van der Waals surface area contributed by atoms with Crippen molar-refractivity contribution in [2.45, 2.75) is 39.3 Å². The first-order chi connectivity index (χ1) is 14.7. The van der Waals surface area contributed by atoms with Crippen molar-refractivity contribution in [2.24, 2.45) is 0 Å². The fraction of sp³-hybridized carbons (Fsp3) is 0.435. The molecule has 1 heterocycles. The Morgan fingerprint density at radius 2 is 1.77 bits per heavy atom. The highest BCUT2D eigenvalue weighted by Gasteiger charge is 2.21. The van der Waals surface area contributed by atoms with Gasteiger partial charge in [-0.2, -0.15) is 0 Å². The Morgan fingerprint density at radius 1 is 1.10 bits per heavy atom. The molecule has 0 aliphatic carbocycles. The molecule has 1 aliphatic heterocycles. The maximum Gasteiger partial charge on any atom is 0.241 e. The topological polar surface area (TPSA) is 69.7 Å². The van der Waals surface area contributed by atoms with Crippen LogP contribution in [0, 0.1) is 6.92 Å². The number of amides is 1. The molecule has 0 atom stereocenters. The highest BCUT2D eigenvalue weighted by Crippen LogP contribution is 2.24. The van der Waals surface area contributed by atoms with Gasteiger partial charge in [-0.15, -0.1) is 0 Å². The maximum absolute atomic E-state index is 12.6. The second-order valence-corrected chi connectivity index (χ2v) is 10.4. The Kier molecular flexibility index (Phi) is 7.97. The molecular weight excluding hydrogens is 434 g/mol. The first kappa shape index (κ1) is 23.6. The standard InChI is InChI=1S/C23H30ClN3O3S/c1-18-10-11-21(14-22(18)24)27(31(2,29)30)17-23(28)25-15-19-8-4-5-9-20(19)16-26-12-6-3-7-13-26/h4-5,8-11,14H,3,6-7,12-13,15-17H2,1-2H3,(H,25,28). The molecule has 1 aliphatic rings. The largest absolute Gasteiger partial charge is 0.350 e. The van der Waals surface area contributed by atoms with Gasteiger partial charge in [0.2, 0.25) is 15.9 Å². The van der Waals surface area contributed by atoms with Gasteiger partial charge < -0.3 is 5.32 Å². The Balaban J connectivity index is 1.66. The first-order valence-electron chi connectivity index (χ1n) is 10.5. The second-order valence-electron chi connectivity index (χ2n) is 8.09. The molecule has 1 fully saturated rings. The zero-order valence-corrected chi connectivity index (χ0v) is 19.7. The molecule has 1 amide bonds. The summed E-state index contributed by atoms with van der Waals surface area (Å²) in [5.41, 5.74) is 3.45. The highest BCUT2D eigenvalue weighted by atomic mass is 35.5. The van der Waals surface area contributed by atoms with Gasteiger partial charge in [-0.05, 0) is 61.7 Å². The minimum atomic E-state index is -3.65. The lowest BCUT2D eigenvalue weighted by Gasteiger charge is -2.27. The number of hydrogen-bond acceptors (Lipinski definition) is 4.